The molecule has 0 spiro atoms. The number of allylic oxidation sites excluding steroid dienone is 2. The Hall–Kier alpha value is -1.02. The van der Waals surface area contributed by atoms with Gasteiger partial charge in [0, 0.05) is 0 Å². The Balaban J connectivity index is 2.95. The van der Waals surface area contributed by atoms with Gasteiger partial charge in [0.25, 0.3) is 0 Å². The van der Waals surface area contributed by atoms with E-state index < -0.39 is 4.92 Å². The van der Waals surface area contributed by atoms with Crippen molar-refractivity contribution in [3.63, 3.8) is 0 Å². The maximum atomic E-state index is 10.8. The van der Waals surface area contributed by atoms with Crippen LogP contribution in [0.1, 0.15) is 39.0 Å². The summed E-state index contributed by atoms with van der Waals surface area (Å²) >= 11 is 1.46. The van der Waals surface area contributed by atoms with Gasteiger partial charge in [0.05, 0.1) is 9.83 Å². The second-order valence-electron chi connectivity index (χ2n) is 3.85. The highest BCUT2D eigenvalue weighted by molar-refractivity contribution is 8.03. The third-order valence-electron chi connectivity index (χ3n) is 2.80. The van der Waals surface area contributed by atoms with Crippen molar-refractivity contribution in [2.24, 2.45) is 5.92 Å². The highest BCUT2D eigenvalue weighted by Crippen LogP contribution is 2.37. The van der Waals surface area contributed by atoms with Crippen molar-refractivity contribution >= 4 is 11.8 Å². The van der Waals surface area contributed by atoms with Crippen LogP contribution in [0, 0.1) is 27.4 Å². The van der Waals surface area contributed by atoms with Crippen LogP contribution in [0.2, 0.25) is 0 Å². The fourth-order valence-corrected chi connectivity index (χ4v) is 3.13. The van der Waals surface area contributed by atoms with Gasteiger partial charge in [-0.15, -0.1) is 11.8 Å². The molecule has 0 radical (unpaired) electrons. The van der Waals surface area contributed by atoms with Crippen molar-refractivity contribution in [1.82, 2.24) is 0 Å². The molecular weight excluding hydrogens is 224 g/mol. The molecule has 1 aliphatic rings. The van der Waals surface area contributed by atoms with Gasteiger partial charge in [0.1, 0.15) is 0 Å². The van der Waals surface area contributed by atoms with Gasteiger partial charge in [-0.3, -0.25) is 10.1 Å². The maximum Gasteiger partial charge on any atom is 0.355 e. The Labute approximate surface area is 99.9 Å². The molecule has 0 atom stereocenters. The fourth-order valence-electron chi connectivity index (χ4n) is 2.09. The number of rotatable bonds is 4. The van der Waals surface area contributed by atoms with Crippen LogP contribution in [0.3, 0.4) is 0 Å². The van der Waals surface area contributed by atoms with Gasteiger partial charge < -0.3 is 0 Å². The van der Waals surface area contributed by atoms with Crippen molar-refractivity contribution < 1.29 is 4.92 Å². The fraction of sp³-hybridized carbons (Fsp3) is 0.727. The highest BCUT2D eigenvalue weighted by Gasteiger charge is 2.27. The molecular formula is C11H16N2O2S. The minimum atomic E-state index is -0.535. The van der Waals surface area contributed by atoms with Gasteiger partial charge >= 0.3 is 5.70 Å². The van der Waals surface area contributed by atoms with E-state index in [1.807, 2.05) is 6.92 Å². The van der Waals surface area contributed by atoms with Crippen LogP contribution in [0.15, 0.2) is 10.6 Å². The molecule has 0 aromatic rings. The second-order valence-corrected chi connectivity index (χ2v) is 5.16. The molecule has 1 saturated carbocycles. The van der Waals surface area contributed by atoms with Crippen molar-refractivity contribution in [3.05, 3.63) is 20.7 Å². The SMILES string of the molecule is CCSC(=C(C#N)[N+](=O)[O-])C1CCCCC1. The van der Waals surface area contributed by atoms with Crippen molar-refractivity contribution in [3.8, 4) is 6.07 Å². The molecule has 1 fully saturated rings. The molecule has 0 bridgehead atoms. The summed E-state index contributed by atoms with van der Waals surface area (Å²) in [6.07, 6.45) is 5.42. The first kappa shape index (κ1) is 13.0. The average Bonchev–Trinajstić information content (AvgIpc) is 2.29. The molecule has 0 amide bonds. The van der Waals surface area contributed by atoms with Gasteiger partial charge in [-0.1, -0.05) is 26.2 Å². The molecule has 88 valence electrons. The predicted molar refractivity (Wildman–Crippen MR) is 64.3 cm³/mol. The van der Waals surface area contributed by atoms with E-state index in [1.54, 1.807) is 6.07 Å². The Morgan fingerprint density at radius 1 is 1.50 bits per heavy atom. The molecule has 16 heavy (non-hydrogen) atoms. The monoisotopic (exact) mass is 240 g/mol. The third kappa shape index (κ3) is 3.24. The largest absolute Gasteiger partial charge is 0.355 e. The summed E-state index contributed by atoms with van der Waals surface area (Å²) in [5.41, 5.74) is -0.237. The summed E-state index contributed by atoms with van der Waals surface area (Å²) < 4.78 is 0. The van der Waals surface area contributed by atoms with Gasteiger partial charge in [-0.05, 0) is 24.5 Å². The summed E-state index contributed by atoms with van der Waals surface area (Å²) in [6, 6.07) is 1.74. The highest BCUT2D eigenvalue weighted by atomic mass is 32.2. The summed E-state index contributed by atoms with van der Waals surface area (Å²) in [5, 5.41) is 19.7. The van der Waals surface area contributed by atoms with Gasteiger partial charge in [-0.25, -0.2) is 0 Å². The van der Waals surface area contributed by atoms with E-state index in [-0.39, 0.29) is 11.6 Å². The van der Waals surface area contributed by atoms with Gasteiger partial charge in [-0.2, -0.15) is 5.26 Å². The summed E-state index contributed by atoms with van der Waals surface area (Å²) in [6.45, 7) is 1.96. The summed E-state index contributed by atoms with van der Waals surface area (Å²) in [7, 11) is 0. The second kappa shape index (κ2) is 6.54. The lowest BCUT2D eigenvalue weighted by atomic mass is 9.88. The number of hydrogen-bond donors (Lipinski definition) is 0. The first-order chi connectivity index (χ1) is 7.70. The standard InChI is InChI=1S/C11H16N2O2S/c1-2-16-11(10(8-12)13(14)15)9-6-4-3-5-7-9/h9H,2-7H2,1H3. The first-order valence-corrected chi connectivity index (χ1v) is 6.60. The van der Waals surface area contributed by atoms with Crippen LogP contribution in [-0.2, 0) is 0 Å². The molecule has 4 nitrogen and oxygen atoms in total. The topological polar surface area (TPSA) is 66.9 Å². The number of nitrogens with zero attached hydrogens (tertiary/aromatic N) is 2. The Morgan fingerprint density at radius 3 is 2.56 bits per heavy atom. The molecule has 0 aromatic carbocycles. The van der Waals surface area contributed by atoms with E-state index >= 15 is 0 Å². The number of thioether (sulfide) groups is 1. The quantitative estimate of drug-likeness (QED) is 0.429. The lowest BCUT2D eigenvalue weighted by Gasteiger charge is -2.22. The Morgan fingerprint density at radius 2 is 2.12 bits per heavy atom. The van der Waals surface area contributed by atoms with Crippen LogP contribution >= 0.6 is 11.8 Å². The van der Waals surface area contributed by atoms with Crippen LogP contribution in [-0.4, -0.2) is 10.7 Å². The minimum absolute atomic E-state index is 0.235. The average molecular weight is 240 g/mol. The molecule has 1 aliphatic carbocycles. The predicted octanol–water partition coefficient (Wildman–Crippen LogP) is 3.33. The number of hydrogen-bond acceptors (Lipinski definition) is 4. The zero-order chi connectivity index (χ0) is 12.0. The smallest absolute Gasteiger partial charge is 0.258 e. The van der Waals surface area contributed by atoms with Gasteiger partial charge in [0.2, 0.25) is 0 Å². The number of nitro groups is 1. The molecule has 0 N–H and O–H groups in total. The van der Waals surface area contributed by atoms with Crippen LogP contribution in [0.25, 0.3) is 0 Å². The van der Waals surface area contributed by atoms with E-state index in [0.717, 1.165) is 31.4 Å². The Kier molecular flexibility index (Phi) is 5.33. The van der Waals surface area contributed by atoms with Crippen molar-refractivity contribution in [2.75, 3.05) is 5.75 Å². The normalized spacial score (nSPS) is 18.8. The molecule has 0 aromatic heterocycles. The molecule has 0 heterocycles. The van der Waals surface area contributed by atoms with Gasteiger partial charge in [0.15, 0.2) is 6.07 Å². The third-order valence-corrected chi connectivity index (χ3v) is 3.92. The van der Waals surface area contributed by atoms with E-state index in [1.165, 1.54) is 18.2 Å². The molecule has 1 rings (SSSR count). The summed E-state index contributed by atoms with van der Waals surface area (Å²) in [4.78, 5) is 11.0. The van der Waals surface area contributed by atoms with Crippen LogP contribution < -0.4 is 0 Å². The number of nitriles is 1. The van der Waals surface area contributed by atoms with E-state index in [0.29, 0.717) is 4.91 Å². The lowest BCUT2D eigenvalue weighted by Crippen LogP contribution is -2.12. The lowest BCUT2D eigenvalue weighted by molar-refractivity contribution is -0.418. The Bertz CT molecular complexity index is 327. The molecule has 5 heteroatoms. The zero-order valence-electron chi connectivity index (χ0n) is 9.44. The van der Waals surface area contributed by atoms with Crippen molar-refractivity contribution in [1.29, 1.82) is 5.26 Å². The molecule has 0 unspecified atom stereocenters. The summed E-state index contributed by atoms with van der Waals surface area (Å²) in [5.74, 6) is 1.02. The van der Waals surface area contributed by atoms with E-state index in [2.05, 4.69) is 0 Å². The van der Waals surface area contributed by atoms with Crippen LogP contribution in [0.4, 0.5) is 0 Å². The minimum Gasteiger partial charge on any atom is -0.258 e. The van der Waals surface area contributed by atoms with Crippen molar-refractivity contribution in [2.45, 2.75) is 39.0 Å². The maximum absolute atomic E-state index is 10.8. The van der Waals surface area contributed by atoms with E-state index in [4.69, 9.17) is 5.26 Å². The molecule has 0 saturated heterocycles. The molecule has 0 aliphatic heterocycles. The first-order valence-electron chi connectivity index (χ1n) is 5.62. The zero-order valence-corrected chi connectivity index (χ0v) is 10.3. The van der Waals surface area contributed by atoms with Crippen LogP contribution in [0.5, 0.6) is 0 Å². The van der Waals surface area contributed by atoms with E-state index in [9.17, 15) is 10.1 Å².